The van der Waals surface area contributed by atoms with Crippen molar-refractivity contribution in [1.29, 1.82) is 0 Å². The average molecular weight is 352 g/mol. The molecule has 6 heteroatoms. The van der Waals surface area contributed by atoms with E-state index in [2.05, 4.69) is 21.7 Å². The number of nitrogens with two attached hydrogens (primary N) is 1. The molecule has 0 aliphatic carbocycles. The molecule has 4 N–H and O–H groups in total. The van der Waals surface area contributed by atoms with E-state index >= 15 is 0 Å². The number of carbonyl (C=O) groups excluding carboxylic acids is 1. The highest BCUT2D eigenvalue weighted by molar-refractivity contribution is 8.14. The van der Waals surface area contributed by atoms with Crippen LogP contribution in [-0.2, 0) is 4.75 Å². The van der Waals surface area contributed by atoms with Gasteiger partial charge in [-0.15, -0.1) is 0 Å². The minimum absolute atomic E-state index is 0.126. The molecule has 2 aromatic carbocycles. The topological polar surface area (TPSA) is 79.5 Å². The Labute approximate surface area is 151 Å². The first-order valence-electron chi connectivity index (χ1n) is 8.34. The van der Waals surface area contributed by atoms with Crippen LogP contribution in [0.4, 0.5) is 5.69 Å². The molecule has 1 saturated heterocycles. The van der Waals surface area contributed by atoms with Crippen molar-refractivity contribution in [2.24, 2.45) is 10.9 Å². The third-order valence-electron chi connectivity index (χ3n) is 4.80. The Balaban J connectivity index is 1.59. The van der Waals surface area contributed by atoms with E-state index in [4.69, 9.17) is 5.73 Å². The van der Waals surface area contributed by atoms with E-state index in [1.807, 2.05) is 36.4 Å². The molecule has 128 valence electrons. The zero-order chi connectivity index (χ0) is 17.3. The Morgan fingerprint density at radius 3 is 2.88 bits per heavy atom. The number of nitrogens with zero attached hydrogens (tertiary/aromatic N) is 1. The van der Waals surface area contributed by atoms with Gasteiger partial charge in [0, 0.05) is 36.8 Å². The Hall–Kier alpha value is -2.31. The van der Waals surface area contributed by atoms with Crippen LogP contribution in [-0.4, -0.2) is 30.7 Å². The summed E-state index contributed by atoms with van der Waals surface area (Å²) in [6.07, 6.45) is 0. The number of anilines is 1. The lowest BCUT2D eigenvalue weighted by Gasteiger charge is -2.37. The van der Waals surface area contributed by atoms with Crippen LogP contribution in [0.2, 0.25) is 0 Å². The Bertz CT molecular complexity index is 823. The number of amidine groups is 1. The van der Waals surface area contributed by atoms with Crippen LogP contribution in [0.25, 0.3) is 0 Å². The van der Waals surface area contributed by atoms with Crippen LogP contribution in [0.15, 0.2) is 59.6 Å². The molecule has 0 aromatic heterocycles. The number of nitrogen functional groups attached to an aromatic ring is 1. The number of aliphatic imine (C=N–C) groups is 1. The Morgan fingerprint density at radius 2 is 2.08 bits per heavy atom. The summed E-state index contributed by atoms with van der Waals surface area (Å²) in [4.78, 5) is 17.1. The van der Waals surface area contributed by atoms with Crippen LogP contribution in [0.1, 0.15) is 15.9 Å². The number of rotatable bonds is 2. The summed E-state index contributed by atoms with van der Waals surface area (Å²) >= 11 is 1.63. The summed E-state index contributed by atoms with van der Waals surface area (Å²) < 4.78 is -0.142. The van der Waals surface area contributed by atoms with E-state index in [-0.39, 0.29) is 10.7 Å². The van der Waals surface area contributed by atoms with Gasteiger partial charge in [-0.25, -0.2) is 0 Å². The van der Waals surface area contributed by atoms with E-state index in [0.717, 1.165) is 18.8 Å². The molecule has 0 bridgehead atoms. The predicted molar refractivity (Wildman–Crippen MR) is 103 cm³/mol. The summed E-state index contributed by atoms with van der Waals surface area (Å²) in [6.45, 7) is 2.45. The molecule has 2 atom stereocenters. The SMILES string of the molecule is Nc1cccc([C@]23CNC[C@@H]2CN=C(NC(=O)c2ccccc2)S3)c1. The number of nitrogens with one attached hydrogen (secondary N) is 2. The van der Waals surface area contributed by atoms with E-state index in [9.17, 15) is 4.79 Å². The van der Waals surface area contributed by atoms with Crippen molar-refractivity contribution >= 4 is 28.5 Å². The summed E-state index contributed by atoms with van der Waals surface area (Å²) in [7, 11) is 0. The van der Waals surface area contributed by atoms with Crippen molar-refractivity contribution in [3.63, 3.8) is 0 Å². The summed E-state index contributed by atoms with van der Waals surface area (Å²) in [5.74, 6) is 0.260. The number of benzene rings is 2. The van der Waals surface area contributed by atoms with Crippen LogP contribution >= 0.6 is 11.8 Å². The highest BCUT2D eigenvalue weighted by atomic mass is 32.2. The van der Waals surface area contributed by atoms with Gasteiger partial charge in [-0.1, -0.05) is 42.1 Å². The Morgan fingerprint density at radius 1 is 1.24 bits per heavy atom. The maximum Gasteiger partial charge on any atom is 0.257 e. The fourth-order valence-corrected chi connectivity index (χ4v) is 4.86. The largest absolute Gasteiger partial charge is 0.399 e. The molecule has 25 heavy (non-hydrogen) atoms. The zero-order valence-corrected chi connectivity index (χ0v) is 14.6. The fraction of sp³-hybridized carbons (Fsp3) is 0.263. The number of fused-ring (bicyclic) bond motifs is 1. The number of thioether (sulfide) groups is 1. The van der Waals surface area contributed by atoms with Crippen molar-refractivity contribution < 1.29 is 4.79 Å². The molecule has 5 nitrogen and oxygen atoms in total. The highest BCUT2D eigenvalue weighted by Crippen LogP contribution is 2.48. The lowest BCUT2D eigenvalue weighted by Crippen LogP contribution is -2.42. The van der Waals surface area contributed by atoms with E-state index in [0.29, 0.717) is 23.2 Å². The van der Waals surface area contributed by atoms with Gasteiger partial charge in [-0.3, -0.25) is 9.79 Å². The lowest BCUT2D eigenvalue weighted by atomic mass is 9.87. The molecule has 2 aromatic rings. The fourth-order valence-electron chi connectivity index (χ4n) is 3.49. The van der Waals surface area contributed by atoms with E-state index in [1.165, 1.54) is 5.56 Å². The summed E-state index contributed by atoms with van der Waals surface area (Å²) in [5, 5.41) is 7.13. The molecule has 2 aliphatic rings. The molecule has 2 heterocycles. The van der Waals surface area contributed by atoms with Crippen molar-refractivity contribution in [1.82, 2.24) is 10.6 Å². The maximum absolute atomic E-state index is 12.5. The molecule has 0 spiro atoms. The third kappa shape index (κ3) is 3.03. The zero-order valence-electron chi connectivity index (χ0n) is 13.7. The smallest absolute Gasteiger partial charge is 0.257 e. The van der Waals surface area contributed by atoms with Gasteiger partial charge in [0.2, 0.25) is 0 Å². The van der Waals surface area contributed by atoms with E-state index < -0.39 is 0 Å². The van der Waals surface area contributed by atoms with Gasteiger partial charge in [-0.05, 0) is 29.8 Å². The van der Waals surface area contributed by atoms with Crippen molar-refractivity contribution in [2.75, 3.05) is 25.4 Å². The predicted octanol–water partition coefficient (Wildman–Crippen LogP) is 2.22. The second kappa shape index (κ2) is 6.54. The number of hydrogen-bond acceptors (Lipinski definition) is 5. The molecule has 1 fully saturated rings. The number of amides is 1. The standard InChI is InChI=1S/C19H20N4OS/c20-16-8-4-7-14(9-16)19-12-21-10-15(19)11-22-18(25-19)23-17(24)13-5-2-1-3-6-13/h1-9,15,21H,10-12,20H2,(H,22,23,24)/t15-,19-/m1/s1. The van der Waals surface area contributed by atoms with Crippen LogP contribution in [0.5, 0.6) is 0 Å². The molecule has 2 aliphatic heterocycles. The van der Waals surface area contributed by atoms with Crippen LogP contribution < -0.4 is 16.4 Å². The van der Waals surface area contributed by atoms with Gasteiger partial charge in [0.05, 0.1) is 4.75 Å². The highest BCUT2D eigenvalue weighted by Gasteiger charge is 2.48. The van der Waals surface area contributed by atoms with Gasteiger partial charge < -0.3 is 16.4 Å². The van der Waals surface area contributed by atoms with Gasteiger partial charge in [-0.2, -0.15) is 0 Å². The summed E-state index contributed by atoms with van der Waals surface area (Å²) in [6, 6.07) is 17.3. The van der Waals surface area contributed by atoms with Crippen molar-refractivity contribution in [3.05, 3.63) is 65.7 Å². The Kier molecular flexibility index (Phi) is 4.23. The first kappa shape index (κ1) is 16.2. The minimum Gasteiger partial charge on any atom is -0.399 e. The molecular formula is C19H20N4OS. The van der Waals surface area contributed by atoms with Crippen LogP contribution in [0.3, 0.4) is 0 Å². The molecular weight excluding hydrogens is 332 g/mol. The second-order valence-electron chi connectivity index (χ2n) is 6.41. The van der Waals surface area contributed by atoms with Gasteiger partial charge >= 0.3 is 0 Å². The lowest BCUT2D eigenvalue weighted by molar-refractivity contribution is 0.0977. The maximum atomic E-state index is 12.5. The minimum atomic E-state index is -0.142. The quantitative estimate of drug-likeness (QED) is 0.724. The molecule has 4 rings (SSSR count). The monoisotopic (exact) mass is 352 g/mol. The third-order valence-corrected chi connectivity index (χ3v) is 6.31. The first-order valence-corrected chi connectivity index (χ1v) is 9.16. The van der Waals surface area contributed by atoms with Gasteiger partial charge in [0.15, 0.2) is 5.17 Å². The molecule has 0 saturated carbocycles. The second-order valence-corrected chi connectivity index (χ2v) is 7.73. The molecule has 1 amide bonds. The molecule has 0 unspecified atom stereocenters. The average Bonchev–Trinajstić information content (AvgIpc) is 3.07. The molecule has 0 radical (unpaired) electrons. The normalized spacial score (nSPS) is 25.1. The van der Waals surface area contributed by atoms with Crippen LogP contribution in [0, 0.1) is 5.92 Å². The van der Waals surface area contributed by atoms with Gasteiger partial charge in [0.1, 0.15) is 0 Å². The first-order chi connectivity index (χ1) is 12.2. The van der Waals surface area contributed by atoms with Crippen molar-refractivity contribution in [3.8, 4) is 0 Å². The number of carbonyl (C=O) groups is 1. The van der Waals surface area contributed by atoms with Gasteiger partial charge in [0.25, 0.3) is 5.91 Å². The summed E-state index contributed by atoms with van der Waals surface area (Å²) in [5.41, 5.74) is 8.59. The van der Waals surface area contributed by atoms with Crippen molar-refractivity contribution in [2.45, 2.75) is 4.75 Å². The van der Waals surface area contributed by atoms with E-state index in [1.54, 1.807) is 23.9 Å². The number of hydrogen-bond donors (Lipinski definition) is 3.